The Morgan fingerprint density at radius 2 is 2.14 bits per heavy atom. The summed E-state index contributed by atoms with van der Waals surface area (Å²) in [7, 11) is 0. The highest BCUT2D eigenvalue weighted by molar-refractivity contribution is 7.00. The minimum Gasteiger partial charge on any atom is -0.320 e. The molecule has 7 heteroatoms. The lowest BCUT2D eigenvalue weighted by Gasteiger charge is -2.09. The van der Waals surface area contributed by atoms with Crippen molar-refractivity contribution in [3.63, 3.8) is 0 Å². The fraction of sp³-hybridized carbons (Fsp3) is 0.0667. The molecular weight excluding hydrogens is 303 g/mol. The summed E-state index contributed by atoms with van der Waals surface area (Å²) in [5.41, 5.74) is 2.61. The molecule has 0 aliphatic rings. The van der Waals surface area contributed by atoms with Crippen molar-refractivity contribution in [1.82, 2.24) is 8.75 Å². The summed E-state index contributed by atoms with van der Waals surface area (Å²) >= 11 is 1.05. The first-order valence-electron chi connectivity index (χ1n) is 6.33. The van der Waals surface area contributed by atoms with E-state index >= 15 is 0 Å². The maximum absolute atomic E-state index is 13.9. The normalized spacial score (nSPS) is 10.4. The molecule has 0 bridgehead atoms. The zero-order valence-corrected chi connectivity index (χ0v) is 12.2. The van der Waals surface area contributed by atoms with Crippen molar-refractivity contribution in [2.75, 3.05) is 5.32 Å². The van der Waals surface area contributed by atoms with E-state index in [1.165, 1.54) is 12.1 Å². The molecule has 1 N–H and O–H groups in total. The predicted molar refractivity (Wildman–Crippen MR) is 81.2 cm³/mol. The Morgan fingerprint density at radius 3 is 2.86 bits per heavy atom. The molecule has 1 aromatic heterocycles. The van der Waals surface area contributed by atoms with Crippen molar-refractivity contribution in [2.24, 2.45) is 0 Å². The molecule has 1 heterocycles. The van der Waals surface area contributed by atoms with Crippen molar-refractivity contribution >= 4 is 34.4 Å². The van der Waals surface area contributed by atoms with Gasteiger partial charge in [0.15, 0.2) is 0 Å². The molecular formula is C15H9FN4OS. The van der Waals surface area contributed by atoms with E-state index < -0.39 is 11.7 Å². The Bertz CT molecular complexity index is 929. The summed E-state index contributed by atoms with van der Waals surface area (Å²) in [6.45, 7) is 1.82. The van der Waals surface area contributed by atoms with E-state index in [0.29, 0.717) is 16.7 Å². The molecule has 3 rings (SSSR count). The second kappa shape index (κ2) is 5.50. The molecule has 0 unspecified atom stereocenters. The molecule has 0 fully saturated rings. The number of fused-ring (bicyclic) bond motifs is 1. The Hall–Kier alpha value is -2.85. The zero-order valence-electron chi connectivity index (χ0n) is 11.4. The number of hydrogen-bond donors (Lipinski definition) is 1. The number of anilines is 1. The minimum absolute atomic E-state index is 0.126. The maximum Gasteiger partial charge on any atom is 0.258 e. The minimum atomic E-state index is -0.738. The lowest BCUT2D eigenvalue weighted by atomic mass is 10.1. The molecule has 108 valence electrons. The Morgan fingerprint density at radius 1 is 1.32 bits per heavy atom. The molecule has 2 aromatic carbocycles. The van der Waals surface area contributed by atoms with Gasteiger partial charge in [-0.2, -0.15) is 14.0 Å². The van der Waals surface area contributed by atoms with E-state index in [1.807, 2.05) is 25.1 Å². The van der Waals surface area contributed by atoms with Crippen molar-refractivity contribution in [1.29, 1.82) is 5.26 Å². The second-order valence-electron chi connectivity index (χ2n) is 4.65. The van der Waals surface area contributed by atoms with Crippen molar-refractivity contribution in [3.8, 4) is 6.07 Å². The first-order chi connectivity index (χ1) is 10.6. The zero-order chi connectivity index (χ0) is 15.7. The van der Waals surface area contributed by atoms with Crippen LogP contribution in [-0.4, -0.2) is 14.7 Å². The van der Waals surface area contributed by atoms with Gasteiger partial charge in [-0.25, -0.2) is 4.39 Å². The van der Waals surface area contributed by atoms with E-state index in [9.17, 15) is 9.18 Å². The summed E-state index contributed by atoms with van der Waals surface area (Å²) in [6, 6.07) is 9.17. The largest absolute Gasteiger partial charge is 0.320 e. The number of nitrogens with one attached hydrogen (secondary N) is 1. The fourth-order valence-corrected chi connectivity index (χ4v) is 2.60. The van der Waals surface area contributed by atoms with Crippen LogP contribution in [0.15, 0.2) is 30.3 Å². The maximum atomic E-state index is 13.9. The third-order valence-electron chi connectivity index (χ3n) is 3.22. The van der Waals surface area contributed by atoms with Gasteiger partial charge in [-0.15, -0.1) is 0 Å². The van der Waals surface area contributed by atoms with Crippen LogP contribution in [0.1, 0.15) is 21.5 Å². The Labute approximate surface area is 129 Å². The average molecular weight is 312 g/mol. The predicted octanol–water partition coefficient (Wildman–Crippen LogP) is 3.26. The van der Waals surface area contributed by atoms with E-state index in [-0.39, 0.29) is 11.1 Å². The number of aromatic nitrogens is 2. The monoisotopic (exact) mass is 312 g/mol. The molecule has 0 saturated heterocycles. The van der Waals surface area contributed by atoms with E-state index in [0.717, 1.165) is 23.4 Å². The van der Waals surface area contributed by atoms with Gasteiger partial charge in [-0.3, -0.25) is 4.79 Å². The second-order valence-corrected chi connectivity index (χ2v) is 5.18. The molecule has 22 heavy (non-hydrogen) atoms. The third-order valence-corrected chi connectivity index (χ3v) is 3.76. The SMILES string of the molecule is Cc1ccc2nsnc2c1NC(=O)c1ccc(C#N)cc1F. The number of carbonyl (C=O) groups excluding carboxylic acids is 1. The van der Waals surface area contributed by atoms with Gasteiger partial charge in [0.2, 0.25) is 0 Å². The first-order valence-corrected chi connectivity index (χ1v) is 7.06. The summed E-state index contributed by atoms with van der Waals surface area (Å²) in [5.74, 6) is -1.33. The number of amides is 1. The number of benzene rings is 2. The lowest BCUT2D eigenvalue weighted by Crippen LogP contribution is -2.15. The molecule has 0 aliphatic heterocycles. The Kier molecular flexibility index (Phi) is 3.53. The van der Waals surface area contributed by atoms with Crippen LogP contribution in [0.5, 0.6) is 0 Å². The van der Waals surface area contributed by atoms with E-state index in [2.05, 4.69) is 14.1 Å². The topological polar surface area (TPSA) is 78.7 Å². The Balaban J connectivity index is 1.99. The molecule has 0 radical (unpaired) electrons. The fourth-order valence-electron chi connectivity index (χ4n) is 2.06. The first kappa shape index (κ1) is 14.1. The molecule has 0 atom stereocenters. The molecule has 5 nitrogen and oxygen atoms in total. The average Bonchev–Trinajstić information content (AvgIpc) is 2.98. The molecule has 0 aliphatic carbocycles. The van der Waals surface area contributed by atoms with Crippen molar-refractivity contribution in [2.45, 2.75) is 6.92 Å². The van der Waals surface area contributed by atoms with Crippen LogP contribution in [0.25, 0.3) is 11.0 Å². The number of carbonyl (C=O) groups is 1. The van der Waals surface area contributed by atoms with Gasteiger partial charge in [0, 0.05) is 0 Å². The summed E-state index contributed by atoms with van der Waals surface area (Å²) < 4.78 is 22.2. The molecule has 3 aromatic rings. The number of rotatable bonds is 2. The van der Waals surface area contributed by atoms with Gasteiger partial charge in [0.25, 0.3) is 5.91 Å². The van der Waals surface area contributed by atoms with Gasteiger partial charge in [-0.1, -0.05) is 6.07 Å². The number of aryl methyl sites for hydroxylation is 1. The standard InChI is InChI=1S/C15H9FN4OS/c1-8-2-5-12-14(20-22-19-12)13(8)18-15(21)10-4-3-9(7-17)6-11(10)16/h2-6H,1H3,(H,18,21). The van der Waals surface area contributed by atoms with Crippen LogP contribution in [-0.2, 0) is 0 Å². The van der Waals surface area contributed by atoms with Crippen molar-refractivity contribution < 1.29 is 9.18 Å². The number of nitriles is 1. The van der Waals surface area contributed by atoms with E-state index in [1.54, 1.807) is 0 Å². The van der Waals surface area contributed by atoms with E-state index in [4.69, 9.17) is 5.26 Å². The van der Waals surface area contributed by atoms with Crippen LogP contribution in [0.4, 0.5) is 10.1 Å². The van der Waals surface area contributed by atoms with Crippen LogP contribution in [0, 0.1) is 24.1 Å². The van der Waals surface area contributed by atoms with Crippen LogP contribution in [0.3, 0.4) is 0 Å². The van der Waals surface area contributed by atoms with Crippen molar-refractivity contribution in [3.05, 3.63) is 52.8 Å². The van der Waals surface area contributed by atoms with Gasteiger partial charge in [0.1, 0.15) is 16.9 Å². The van der Waals surface area contributed by atoms with Gasteiger partial charge in [0.05, 0.1) is 34.6 Å². The number of hydrogen-bond acceptors (Lipinski definition) is 5. The van der Waals surface area contributed by atoms with Crippen LogP contribution < -0.4 is 5.32 Å². The molecule has 0 saturated carbocycles. The highest BCUT2D eigenvalue weighted by Crippen LogP contribution is 2.26. The molecule has 1 amide bonds. The molecule has 0 spiro atoms. The third kappa shape index (κ3) is 2.40. The number of nitrogens with zero attached hydrogens (tertiary/aromatic N) is 3. The van der Waals surface area contributed by atoms with Crippen LogP contribution in [0.2, 0.25) is 0 Å². The summed E-state index contributed by atoms with van der Waals surface area (Å²) in [4.78, 5) is 12.3. The van der Waals surface area contributed by atoms with Crippen LogP contribution >= 0.6 is 11.7 Å². The summed E-state index contributed by atoms with van der Waals surface area (Å²) in [6.07, 6.45) is 0. The smallest absolute Gasteiger partial charge is 0.258 e. The highest BCUT2D eigenvalue weighted by atomic mass is 32.1. The quantitative estimate of drug-likeness (QED) is 0.787. The van der Waals surface area contributed by atoms with Gasteiger partial charge in [-0.05, 0) is 36.8 Å². The highest BCUT2D eigenvalue weighted by Gasteiger charge is 2.16. The van der Waals surface area contributed by atoms with Gasteiger partial charge >= 0.3 is 0 Å². The summed E-state index contributed by atoms with van der Waals surface area (Å²) in [5, 5.41) is 11.4. The van der Waals surface area contributed by atoms with Gasteiger partial charge < -0.3 is 5.32 Å². The lowest BCUT2D eigenvalue weighted by molar-refractivity contribution is 0.102. The number of halogens is 1.